The highest BCUT2D eigenvalue weighted by Crippen LogP contribution is 2.39. The quantitative estimate of drug-likeness (QED) is 0.329. The highest BCUT2D eigenvalue weighted by Gasteiger charge is 2.47. The molecule has 0 radical (unpaired) electrons. The fourth-order valence-electron chi connectivity index (χ4n) is 4.36. The number of hydrogen-bond acceptors (Lipinski definition) is 6. The van der Waals surface area contributed by atoms with Gasteiger partial charge in [0.25, 0.3) is 0 Å². The molecule has 0 bridgehead atoms. The van der Waals surface area contributed by atoms with Crippen molar-refractivity contribution < 1.29 is 18.9 Å². The lowest BCUT2D eigenvalue weighted by molar-refractivity contribution is -0.222. The Hall–Kier alpha value is -3.36. The zero-order valence-corrected chi connectivity index (χ0v) is 19.6. The van der Waals surface area contributed by atoms with E-state index in [1.807, 2.05) is 91.0 Å². The van der Waals surface area contributed by atoms with Crippen molar-refractivity contribution in [1.29, 1.82) is 0 Å². The predicted molar refractivity (Wildman–Crippen MR) is 130 cm³/mol. The van der Waals surface area contributed by atoms with Crippen molar-refractivity contribution in [3.05, 3.63) is 120 Å². The summed E-state index contributed by atoms with van der Waals surface area (Å²) in [7, 11) is 1.65. The van der Waals surface area contributed by atoms with E-state index in [1.165, 1.54) is 0 Å². The van der Waals surface area contributed by atoms with Gasteiger partial charge < -0.3 is 18.9 Å². The maximum absolute atomic E-state index is 6.53. The smallest absolute Gasteiger partial charge is 0.180 e. The maximum atomic E-state index is 6.53. The van der Waals surface area contributed by atoms with Crippen LogP contribution in [0.25, 0.3) is 0 Å². The Morgan fingerprint density at radius 2 is 1.14 bits per heavy atom. The van der Waals surface area contributed by atoms with Gasteiger partial charge in [-0.3, -0.25) is 0 Å². The minimum atomic E-state index is -0.506. The molecule has 0 saturated carbocycles. The SMILES string of the molecule is COC1[C@H](OCc2ccccc2)[C@@H](OCc2ccccc2)[C@H](OCc2ccccc2)c2cnnn21. The molecule has 0 fully saturated rings. The first-order valence-electron chi connectivity index (χ1n) is 11.7. The molecule has 4 aromatic rings. The van der Waals surface area contributed by atoms with Gasteiger partial charge in [-0.05, 0) is 16.7 Å². The first-order valence-corrected chi connectivity index (χ1v) is 11.7. The minimum Gasteiger partial charge on any atom is -0.367 e. The summed E-state index contributed by atoms with van der Waals surface area (Å²) in [6.45, 7) is 1.25. The van der Waals surface area contributed by atoms with E-state index in [0.717, 1.165) is 22.4 Å². The second-order valence-corrected chi connectivity index (χ2v) is 8.47. The summed E-state index contributed by atoms with van der Waals surface area (Å²) in [4.78, 5) is 0. The van der Waals surface area contributed by atoms with Crippen molar-refractivity contribution in [1.82, 2.24) is 15.0 Å². The highest BCUT2D eigenvalue weighted by molar-refractivity contribution is 5.17. The van der Waals surface area contributed by atoms with Gasteiger partial charge in [-0.25, -0.2) is 4.68 Å². The Morgan fingerprint density at radius 3 is 1.66 bits per heavy atom. The van der Waals surface area contributed by atoms with Crippen molar-refractivity contribution in [3.63, 3.8) is 0 Å². The van der Waals surface area contributed by atoms with E-state index in [0.29, 0.717) is 19.8 Å². The van der Waals surface area contributed by atoms with E-state index in [9.17, 15) is 0 Å². The summed E-state index contributed by atoms with van der Waals surface area (Å²) in [5.41, 5.74) is 4.01. The maximum Gasteiger partial charge on any atom is 0.180 e. The number of fused-ring (bicyclic) bond motifs is 1. The molecule has 35 heavy (non-hydrogen) atoms. The molecule has 7 heteroatoms. The molecule has 0 amide bonds. The number of nitrogens with zero attached hydrogens (tertiary/aromatic N) is 3. The molecule has 2 heterocycles. The standard InChI is InChI=1S/C28H29N3O4/c1-32-28-27(35-20-23-15-9-4-10-16-23)26(34-19-22-13-7-3-8-14-22)25(24-17-29-30-31(24)28)33-18-21-11-5-2-6-12-21/h2-17,25-28H,18-20H2,1H3/t25-,26+,27-,28?/m1/s1. The van der Waals surface area contributed by atoms with E-state index in [-0.39, 0.29) is 0 Å². The largest absolute Gasteiger partial charge is 0.367 e. The Morgan fingerprint density at radius 1 is 0.657 bits per heavy atom. The van der Waals surface area contributed by atoms with Crippen LogP contribution in [0.15, 0.2) is 97.2 Å². The van der Waals surface area contributed by atoms with Gasteiger partial charge in [0.15, 0.2) is 6.23 Å². The number of hydrogen-bond donors (Lipinski definition) is 0. The molecule has 5 rings (SSSR count). The first kappa shape index (κ1) is 23.4. The average molecular weight is 472 g/mol. The van der Waals surface area contributed by atoms with E-state index >= 15 is 0 Å². The minimum absolute atomic E-state index is 0.409. The van der Waals surface area contributed by atoms with Crippen LogP contribution in [-0.2, 0) is 38.8 Å². The zero-order chi connectivity index (χ0) is 23.9. The molecule has 7 nitrogen and oxygen atoms in total. The molecule has 180 valence electrons. The van der Waals surface area contributed by atoms with Crippen LogP contribution in [-0.4, -0.2) is 34.3 Å². The van der Waals surface area contributed by atoms with Gasteiger partial charge in [0.05, 0.1) is 31.7 Å². The van der Waals surface area contributed by atoms with Crippen LogP contribution in [0.3, 0.4) is 0 Å². The van der Waals surface area contributed by atoms with Crippen LogP contribution >= 0.6 is 0 Å². The van der Waals surface area contributed by atoms with Crippen molar-refractivity contribution in [2.45, 2.75) is 44.4 Å². The number of methoxy groups -OCH3 is 1. The predicted octanol–water partition coefficient (Wildman–Crippen LogP) is 4.87. The van der Waals surface area contributed by atoms with Crippen molar-refractivity contribution in [2.75, 3.05) is 7.11 Å². The normalized spacial score (nSPS) is 21.5. The Kier molecular flexibility index (Phi) is 7.60. The Labute approximate surface area is 205 Å². The second-order valence-electron chi connectivity index (χ2n) is 8.47. The number of benzene rings is 3. The number of rotatable bonds is 10. The molecule has 4 atom stereocenters. The van der Waals surface area contributed by atoms with Crippen LogP contribution in [0.4, 0.5) is 0 Å². The molecule has 1 aliphatic rings. The van der Waals surface area contributed by atoms with Crippen LogP contribution in [0.2, 0.25) is 0 Å². The van der Waals surface area contributed by atoms with E-state index < -0.39 is 24.5 Å². The van der Waals surface area contributed by atoms with Crippen LogP contribution in [0.5, 0.6) is 0 Å². The van der Waals surface area contributed by atoms with Crippen molar-refractivity contribution >= 4 is 0 Å². The third-order valence-electron chi connectivity index (χ3n) is 6.12. The van der Waals surface area contributed by atoms with Gasteiger partial charge in [-0.1, -0.05) is 96.2 Å². The lowest BCUT2D eigenvalue weighted by Crippen LogP contribution is -2.49. The molecule has 3 aromatic carbocycles. The Balaban J connectivity index is 1.44. The monoisotopic (exact) mass is 471 g/mol. The van der Waals surface area contributed by atoms with Gasteiger partial charge in [0.2, 0.25) is 0 Å². The molecule has 0 saturated heterocycles. The third-order valence-corrected chi connectivity index (χ3v) is 6.12. The number of aromatic nitrogens is 3. The van der Waals surface area contributed by atoms with Gasteiger partial charge in [-0.2, -0.15) is 0 Å². The summed E-state index contributed by atoms with van der Waals surface area (Å²) >= 11 is 0. The zero-order valence-electron chi connectivity index (χ0n) is 19.6. The molecule has 1 aromatic heterocycles. The summed E-state index contributed by atoms with van der Waals surface area (Å²) in [6.07, 6.45) is -0.152. The summed E-state index contributed by atoms with van der Waals surface area (Å²) in [5.74, 6) is 0. The van der Waals surface area contributed by atoms with E-state index in [4.69, 9.17) is 18.9 Å². The second kappa shape index (κ2) is 11.4. The molecule has 0 aliphatic carbocycles. The lowest BCUT2D eigenvalue weighted by atomic mass is 9.98. The van der Waals surface area contributed by atoms with Crippen molar-refractivity contribution in [3.8, 4) is 0 Å². The summed E-state index contributed by atoms with van der Waals surface area (Å²) in [5, 5.41) is 8.45. The fraction of sp³-hybridized carbons (Fsp3) is 0.286. The topological polar surface area (TPSA) is 67.6 Å². The molecule has 1 aliphatic heterocycles. The fourth-order valence-corrected chi connectivity index (χ4v) is 4.36. The van der Waals surface area contributed by atoms with Crippen molar-refractivity contribution in [2.24, 2.45) is 0 Å². The van der Waals surface area contributed by atoms with Crippen LogP contribution in [0, 0.1) is 0 Å². The summed E-state index contributed by atoms with van der Waals surface area (Å²) < 4.78 is 27.1. The highest BCUT2D eigenvalue weighted by atomic mass is 16.6. The van der Waals surface area contributed by atoms with Gasteiger partial charge in [0, 0.05) is 7.11 Å². The molecule has 0 N–H and O–H groups in total. The molecule has 0 spiro atoms. The van der Waals surface area contributed by atoms with Crippen LogP contribution in [0.1, 0.15) is 34.7 Å². The molecular formula is C28H29N3O4. The molecular weight excluding hydrogens is 442 g/mol. The third kappa shape index (κ3) is 5.49. The average Bonchev–Trinajstić information content (AvgIpc) is 3.40. The lowest BCUT2D eigenvalue weighted by Gasteiger charge is -2.41. The van der Waals surface area contributed by atoms with Gasteiger partial charge >= 0.3 is 0 Å². The summed E-state index contributed by atoms with van der Waals surface area (Å²) in [6, 6.07) is 30.2. The Bertz CT molecular complexity index is 1170. The van der Waals surface area contributed by atoms with E-state index in [1.54, 1.807) is 18.0 Å². The first-order chi connectivity index (χ1) is 17.3. The van der Waals surface area contributed by atoms with Gasteiger partial charge in [-0.15, -0.1) is 5.10 Å². The molecule has 1 unspecified atom stereocenters. The van der Waals surface area contributed by atoms with E-state index in [2.05, 4.69) is 10.3 Å². The van der Waals surface area contributed by atoms with Gasteiger partial charge in [0.1, 0.15) is 18.3 Å². The van der Waals surface area contributed by atoms with Crippen LogP contribution < -0.4 is 0 Å². The number of ether oxygens (including phenoxy) is 4.